The van der Waals surface area contributed by atoms with E-state index in [-0.39, 0.29) is 0 Å². The van der Waals surface area contributed by atoms with Gasteiger partial charge in [0.15, 0.2) is 0 Å². The maximum Gasteiger partial charge on any atom is -0.00961 e. The van der Waals surface area contributed by atoms with Crippen molar-refractivity contribution in [2.45, 2.75) is 32.6 Å². The first-order valence-corrected chi connectivity index (χ1v) is 8.62. The van der Waals surface area contributed by atoms with Crippen molar-refractivity contribution in [3.8, 4) is 0 Å². The zero-order valence-electron chi connectivity index (χ0n) is 13.8. The maximum absolute atomic E-state index is 2.44. The molecule has 0 N–H and O–H groups in total. The fraction of sp³-hybridized carbons (Fsp3) is 0.217. The Hall–Kier alpha value is -2.34. The lowest BCUT2D eigenvalue weighted by Crippen LogP contribution is -1.95. The van der Waals surface area contributed by atoms with E-state index in [9.17, 15) is 0 Å². The largest absolute Gasteiger partial charge is 0.0654 e. The Balaban J connectivity index is 2.16. The van der Waals surface area contributed by atoms with Gasteiger partial charge in [-0.05, 0) is 56.3 Å². The van der Waals surface area contributed by atoms with Crippen LogP contribution in [0.25, 0.3) is 32.3 Å². The van der Waals surface area contributed by atoms with E-state index in [1.807, 2.05) is 0 Å². The molecule has 0 aromatic heterocycles. The van der Waals surface area contributed by atoms with Crippen molar-refractivity contribution in [1.82, 2.24) is 0 Å². The molecule has 0 fully saturated rings. The van der Waals surface area contributed by atoms with E-state index >= 15 is 0 Å². The molecule has 4 aromatic rings. The van der Waals surface area contributed by atoms with Crippen LogP contribution in [0, 0.1) is 0 Å². The molecule has 1 atom stereocenters. The Bertz CT molecular complexity index is 995. The van der Waals surface area contributed by atoms with Crippen molar-refractivity contribution in [3.63, 3.8) is 0 Å². The van der Waals surface area contributed by atoms with Gasteiger partial charge in [0, 0.05) is 0 Å². The highest BCUT2D eigenvalue weighted by atomic mass is 14.2. The first-order chi connectivity index (χ1) is 11.3. The molecule has 0 saturated carbocycles. The van der Waals surface area contributed by atoms with Crippen molar-refractivity contribution in [2.75, 3.05) is 0 Å². The molecule has 0 spiro atoms. The highest BCUT2D eigenvalue weighted by molar-refractivity contribution is 6.18. The minimum Gasteiger partial charge on any atom is -0.0654 e. The van der Waals surface area contributed by atoms with Crippen LogP contribution in [-0.2, 0) is 0 Å². The number of hydrogen-bond acceptors (Lipinski definition) is 0. The van der Waals surface area contributed by atoms with Gasteiger partial charge in [-0.3, -0.25) is 0 Å². The van der Waals surface area contributed by atoms with Crippen molar-refractivity contribution in [3.05, 3.63) is 72.3 Å². The van der Waals surface area contributed by atoms with E-state index in [1.165, 1.54) is 50.7 Å². The van der Waals surface area contributed by atoms with Gasteiger partial charge in [-0.25, -0.2) is 0 Å². The summed E-state index contributed by atoms with van der Waals surface area (Å²) in [4.78, 5) is 0. The lowest BCUT2D eigenvalue weighted by molar-refractivity contribution is 0.670. The van der Waals surface area contributed by atoms with Crippen molar-refractivity contribution >= 4 is 32.3 Å². The van der Waals surface area contributed by atoms with E-state index in [1.54, 1.807) is 0 Å². The van der Waals surface area contributed by atoms with E-state index < -0.39 is 0 Å². The Labute approximate surface area is 137 Å². The molecular formula is C23H22. The molecule has 4 aromatic carbocycles. The second-order valence-corrected chi connectivity index (χ2v) is 6.58. The summed E-state index contributed by atoms with van der Waals surface area (Å²) in [5.41, 5.74) is 1.49. The maximum atomic E-state index is 2.44. The molecule has 0 nitrogen and oxygen atoms in total. The molecule has 0 saturated heterocycles. The van der Waals surface area contributed by atoms with Crippen LogP contribution < -0.4 is 0 Å². The molecule has 1 unspecified atom stereocenters. The van der Waals surface area contributed by atoms with Gasteiger partial charge in [0.1, 0.15) is 0 Å². The summed E-state index contributed by atoms with van der Waals surface area (Å²) in [5, 5.41) is 8.24. The summed E-state index contributed by atoms with van der Waals surface area (Å²) in [7, 11) is 0. The van der Waals surface area contributed by atoms with Crippen LogP contribution >= 0.6 is 0 Å². The zero-order valence-corrected chi connectivity index (χ0v) is 13.8. The van der Waals surface area contributed by atoms with Gasteiger partial charge < -0.3 is 0 Å². The predicted octanol–water partition coefficient (Wildman–Crippen LogP) is 7.05. The van der Waals surface area contributed by atoms with E-state index in [0.717, 1.165) is 0 Å². The SMILES string of the molecule is CCCC(C)c1cc2c3ccccc3ccc2c2ccccc12. The van der Waals surface area contributed by atoms with Crippen molar-refractivity contribution in [1.29, 1.82) is 0 Å². The van der Waals surface area contributed by atoms with E-state index in [4.69, 9.17) is 0 Å². The summed E-state index contributed by atoms with van der Waals surface area (Å²) in [6.07, 6.45) is 2.46. The molecule has 0 aliphatic rings. The highest BCUT2D eigenvalue weighted by Crippen LogP contribution is 2.37. The molecule has 0 heteroatoms. The molecule has 0 aliphatic carbocycles. The van der Waals surface area contributed by atoms with Crippen molar-refractivity contribution < 1.29 is 0 Å². The third-order valence-corrected chi connectivity index (χ3v) is 5.05. The molecule has 0 aliphatic heterocycles. The second-order valence-electron chi connectivity index (χ2n) is 6.58. The van der Waals surface area contributed by atoms with Crippen LogP contribution in [0.4, 0.5) is 0 Å². The Morgan fingerprint density at radius 3 is 2.13 bits per heavy atom. The Morgan fingerprint density at radius 2 is 1.35 bits per heavy atom. The molecule has 0 heterocycles. The summed E-state index contributed by atoms with van der Waals surface area (Å²) in [5.74, 6) is 0.591. The van der Waals surface area contributed by atoms with Gasteiger partial charge in [-0.1, -0.05) is 80.9 Å². The minimum absolute atomic E-state index is 0.591. The Morgan fingerprint density at radius 1 is 0.696 bits per heavy atom. The second kappa shape index (κ2) is 5.70. The van der Waals surface area contributed by atoms with Gasteiger partial charge in [0.2, 0.25) is 0 Å². The molecule has 0 amide bonds. The van der Waals surface area contributed by atoms with E-state index in [0.29, 0.717) is 5.92 Å². The molecule has 0 radical (unpaired) electrons. The summed E-state index contributed by atoms with van der Waals surface area (Å²) in [6, 6.07) is 24.6. The van der Waals surface area contributed by atoms with E-state index in [2.05, 4.69) is 80.6 Å². The van der Waals surface area contributed by atoms with Gasteiger partial charge >= 0.3 is 0 Å². The van der Waals surface area contributed by atoms with Crippen LogP contribution in [0.2, 0.25) is 0 Å². The van der Waals surface area contributed by atoms with Crippen LogP contribution in [0.15, 0.2) is 66.7 Å². The molecule has 4 rings (SSSR count). The number of hydrogen-bond donors (Lipinski definition) is 0. The van der Waals surface area contributed by atoms with Crippen LogP contribution in [0.1, 0.15) is 38.2 Å². The number of benzene rings is 4. The summed E-state index contributed by atoms with van der Waals surface area (Å²) < 4.78 is 0. The monoisotopic (exact) mass is 298 g/mol. The van der Waals surface area contributed by atoms with Crippen LogP contribution in [0.3, 0.4) is 0 Å². The van der Waals surface area contributed by atoms with Crippen LogP contribution in [-0.4, -0.2) is 0 Å². The Kier molecular flexibility index (Phi) is 3.53. The molecule has 23 heavy (non-hydrogen) atoms. The quantitative estimate of drug-likeness (QED) is 0.355. The van der Waals surface area contributed by atoms with Gasteiger partial charge in [-0.2, -0.15) is 0 Å². The number of fused-ring (bicyclic) bond motifs is 5. The average molecular weight is 298 g/mol. The fourth-order valence-corrected chi connectivity index (χ4v) is 3.89. The summed E-state index contributed by atoms with van der Waals surface area (Å²) in [6.45, 7) is 4.64. The fourth-order valence-electron chi connectivity index (χ4n) is 3.89. The van der Waals surface area contributed by atoms with Gasteiger partial charge in [0.25, 0.3) is 0 Å². The predicted molar refractivity (Wildman–Crippen MR) is 102 cm³/mol. The third-order valence-electron chi connectivity index (χ3n) is 5.05. The van der Waals surface area contributed by atoms with Crippen molar-refractivity contribution in [2.24, 2.45) is 0 Å². The minimum atomic E-state index is 0.591. The number of rotatable bonds is 3. The van der Waals surface area contributed by atoms with Gasteiger partial charge in [0.05, 0.1) is 0 Å². The average Bonchev–Trinajstić information content (AvgIpc) is 2.61. The summed E-state index contributed by atoms with van der Waals surface area (Å²) >= 11 is 0. The molecule has 114 valence electrons. The third kappa shape index (κ3) is 2.30. The lowest BCUT2D eigenvalue weighted by atomic mass is 9.87. The first-order valence-electron chi connectivity index (χ1n) is 8.62. The smallest absolute Gasteiger partial charge is 0.00961 e. The van der Waals surface area contributed by atoms with Gasteiger partial charge in [-0.15, -0.1) is 0 Å². The first kappa shape index (κ1) is 14.3. The lowest BCUT2D eigenvalue weighted by Gasteiger charge is -2.17. The normalized spacial score (nSPS) is 13.0. The molecule has 0 bridgehead atoms. The van der Waals surface area contributed by atoms with Crippen LogP contribution in [0.5, 0.6) is 0 Å². The highest BCUT2D eigenvalue weighted by Gasteiger charge is 2.13. The zero-order chi connectivity index (χ0) is 15.8. The topological polar surface area (TPSA) is 0 Å². The molecular weight excluding hydrogens is 276 g/mol. The standard InChI is InChI=1S/C23H22/c1-3-8-16(2)22-15-23-18-10-5-4-9-17(18)13-14-21(23)19-11-6-7-12-20(19)22/h4-7,9-16H,3,8H2,1-2H3.